The number of rotatable bonds is 8. The van der Waals surface area contributed by atoms with Crippen LogP contribution in [0.1, 0.15) is 29.5 Å². The molecule has 2 heterocycles. The van der Waals surface area contributed by atoms with Crippen LogP contribution in [0.15, 0.2) is 77.8 Å². The molecule has 3 aromatic carbocycles. The van der Waals surface area contributed by atoms with Gasteiger partial charge in [0.1, 0.15) is 11.3 Å². The second kappa shape index (κ2) is 10.4. The number of fused-ring (bicyclic) bond motifs is 1. The molecule has 9 nitrogen and oxygen atoms in total. The van der Waals surface area contributed by atoms with Gasteiger partial charge in [0.05, 0.1) is 22.0 Å². The smallest absolute Gasteiger partial charge is 0.249 e. The number of anilines is 2. The molecular formula is C31H28N6O3S. The molecule has 0 spiro atoms. The average molecular weight is 565 g/mol. The number of nitrogens with zero attached hydrogens (tertiary/aromatic N) is 4. The summed E-state index contributed by atoms with van der Waals surface area (Å²) in [5, 5.41) is 12.3. The van der Waals surface area contributed by atoms with Crippen LogP contribution in [-0.2, 0) is 17.1 Å². The summed E-state index contributed by atoms with van der Waals surface area (Å²) >= 11 is 0. The van der Waals surface area contributed by atoms with E-state index in [-0.39, 0.29) is 10.9 Å². The highest BCUT2D eigenvalue weighted by atomic mass is 32.2. The summed E-state index contributed by atoms with van der Waals surface area (Å²) in [6.45, 7) is 3.95. The standard InChI is InChI=1S/C31H28N6O3S/c1-19-16-23(22-6-12-26(13-7-22)41(38,39)36-25-10-11-25)17-20(2)29(19)40-30-28-27(14-15-37(28)3)34-31(35-30)33-24-8-4-21(18-32)5-9-24/h4-9,12-17,25,36H,10-11H2,1-3H3,(H,33,34,35). The van der Waals surface area contributed by atoms with E-state index in [9.17, 15) is 8.42 Å². The molecule has 10 heteroatoms. The first-order valence-corrected chi connectivity index (χ1v) is 14.7. The number of nitrogens with one attached hydrogen (secondary N) is 2. The predicted octanol–water partition coefficient (Wildman–Crippen LogP) is 6.10. The second-order valence-corrected chi connectivity index (χ2v) is 12.0. The van der Waals surface area contributed by atoms with Crippen molar-refractivity contribution in [1.82, 2.24) is 19.3 Å². The van der Waals surface area contributed by atoms with E-state index in [1.807, 2.05) is 62.0 Å². The Bertz CT molecular complexity index is 1900. The number of benzene rings is 3. The highest BCUT2D eigenvalue weighted by Gasteiger charge is 2.28. The zero-order valence-corrected chi connectivity index (χ0v) is 23.7. The molecule has 5 aromatic rings. The van der Waals surface area contributed by atoms with Gasteiger partial charge in [0.15, 0.2) is 0 Å². The Morgan fingerprint density at radius 3 is 2.27 bits per heavy atom. The second-order valence-electron chi connectivity index (χ2n) is 10.3. The number of nitriles is 1. The first kappa shape index (κ1) is 26.5. The molecule has 0 amide bonds. The van der Waals surface area contributed by atoms with Gasteiger partial charge in [-0.1, -0.05) is 12.1 Å². The summed E-state index contributed by atoms with van der Waals surface area (Å²) in [4.78, 5) is 9.60. The third kappa shape index (κ3) is 5.50. The topological polar surface area (TPSA) is 122 Å². The van der Waals surface area contributed by atoms with Crippen LogP contribution in [0.25, 0.3) is 22.2 Å². The molecule has 0 unspecified atom stereocenters. The molecule has 1 saturated carbocycles. The fourth-order valence-corrected chi connectivity index (χ4v) is 6.03. The van der Waals surface area contributed by atoms with E-state index < -0.39 is 10.0 Å². The lowest BCUT2D eigenvalue weighted by Crippen LogP contribution is -2.25. The molecule has 206 valence electrons. The van der Waals surface area contributed by atoms with E-state index in [4.69, 9.17) is 15.0 Å². The van der Waals surface area contributed by atoms with Crippen molar-refractivity contribution in [2.45, 2.75) is 37.6 Å². The van der Waals surface area contributed by atoms with E-state index in [2.05, 4.69) is 21.1 Å². The van der Waals surface area contributed by atoms with E-state index in [1.165, 1.54) is 0 Å². The Labute approximate surface area is 238 Å². The Morgan fingerprint density at radius 1 is 0.951 bits per heavy atom. The molecule has 0 bridgehead atoms. The molecule has 41 heavy (non-hydrogen) atoms. The first-order valence-electron chi connectivity index (χ1n) is 13.2. The lowest BCUT2D eigenvalue weighted by atomic mass is 10.00. The number of hydrogen-bond donors (Lipinski definition) is 2. The Kier molecular flexibility index (Phi) is 6.69. The van der Waals surface area contributed by atoms with Crippen LogP contribution >= 0.6 is 0 Å². The summed E-state index contributed by atoms with van der Waals surface area (Å²) < 4.78 is 36.2. The average Bonchev–Trinajstić information content (AvgIpc) is 3.69. The molecule has 1 aliphatic carbocycles. The Balaban J connectivity index is 1.29. The van der Waals surface area contributed by atoms with Gasteiger partial charge >= 0.3 is 0 Å². The van der Waals surface area contributed by atoms with Crippen LogP contribution in [0.4, 0.5) is 11.6 Å². The molecule has 1 fully saturated rings. The van der Waals surface area contributed by atoms with Crippen molar-refractivity contribution >= 4 is 32.7 Å². The van der Waals surface area contributed by atoms with Crippen molar-refractivity contribution in [2.75, 3.05) is 5.32 Å². The van der Waals surface area contributed by atoms with Gasteiger partial charge in [0.2, 0.25) is 21.9 Å². The van der Waals surface area contributed by atoms with Crippen molar-refractivity contribution in [3.8, 4) is 28.8 Å². The highest BCUT2D eigenvalue weighted by Crippen LogP contribution is 2.36. The monoisotopic (exact) mass is 564 g/mol. The minimum Gasteiger partial charge on any atom is -0.436 e. The zero-order valence-electron chi connectivity index (χ0n) is 22.8. The molecule has 0 radical (unpaired) electrons. The number of ether oxygens (including phenoxy) is 1. The minimum absolute atomic E-state index is 0.0621. The van der Waals surface area contributed by atoms with Gasteiger partial charge in [-0.3, -0.25) is 0 Å². The van der Waals surface area contributed by atoms with Gasteiger partial charge in [-0.25, -0.2) is 18.1 Å². The highest BCUT2D eigenvalue weighted by molar-refractivity contribution is 7.89. The van der Waals surface area contributed by atoms with Crippen molar-refractivity contribution < 1.29 is 13.2 Å². The zero-order chi connectivity index (χ0) is 28.7. The van der Waals surface area contributed by atoms with Crippen LogP contribution in [0, 0.1) is 25.2 Å². The summed E-state index contributed by atoms with van der Waals surface area (Å²) in [5.74, 6) is 1.48. The third-order valence-electron chi connectivity index (χ3n) is 7.01. The maximum atomic E-state index is 12.6. The molecule has 0 aliphatic heterocycles. The van der Waals surface area contributed by atoms with Crippen molar-refractivity contribution in [3.63, 3.8) is 0 Å². The quantitative estimate of drug-likeness (QED) is 0.233. The fraction of sp³-hybridized carbons (Fsp3) is 0.194. The SMILES string of the molecule is Cc1cc(-c2ccc(S(=O)(=O)NC3CC3)cc2)cc(C)c1Oc1nc(Nc2ccc(C#N)cc2)nc2ccn(C)c12. The van der Waals surface area contributed by atoms with E-state index >= 15 is 0 Å². The number of aryl methyl sites for hydroxylation is 3. The Hall–Kier alpha value is -4.72. The molecule has 0 atom stereocenters. The van der Waals surface area contributed by atoms with Crippen LogP contribution < -0.4 is 14.8 Å². The summed E-state index contributed by atoms with van der Waals surface area (Å²) in [7, 11) is -1.58. The van der Waals surface area contributed by atoms with Crippen LogP contribution in [0.3, 0.4) is 0 Å². The first-order chi connectivity index (χ1) is 19.7. The summed E-state index contributed by atoms with van der Waals surface area (Å²) in [6, 6.07) is 22.1. The molecule has 2 N–H and O–H groups in total. The third-order valence-corrected chi connectivity index (χ3v) is 8.55. The number of hydrogen-bond acceptors (Lipinski definition) is 7. The minimum atomic E-state index is -3.50. The van der Waals surface area contributed by atoms with E-state index in [1.54, 1.807) is 36.4 Å². The van der Waals surface area contributed by atoms with Gasteiger partial charge < -0.3 is 14.6 Å². The van der Waals surface area contributed by atoms with E-state index in [0.717, 1.165) is 51.8 Å². The Morgan fingerprint density at radius 2 is 1.63 bits per heavy atom. The van der Waals surface area contributed by atoms with Gasteiger partial charge in [-0.15, -0.1) is 0 Å². The van der Waals surface area contributed by atoms with Crippen molar-refractivity contribution in [3.05, 3.63) is 89.6 Å². The molecule has 1 aliphatic rings. The largest absolute Gasteiger partial charge is 0.436 e. The summed E-state index contributed by atoms with van der Waals surface area (Å²) in [5.41, 5.74) is 6.50. The maximum absolute atomic E-state index is 12.6. The lowest BCUT2D eigenvalue weighted by Gasteiger charge is -2.16. The maximum Gasteiger partial charge on any atom is 0.249 e. The van der Waals surface area contributed by atoms with Gasteiger partial charge in [0, 0.05) is 25.0 Å². The van der Waals surface area contributed by atoms with Gasteiger partial charge in [-0.05, 0) is 104 Å². The van der Waals surface area contributed by atoms with E-state index in [0.29, 0.717) is 23.1 Å². The normalized spacial score (nSPS) is 13.2. The number of aromatic nitrogens is 3. The molecular weight excluding hydrogens is 536 g/mol. The molecule has 2 aromatic heterocycles. The predicted molar refractivity (Wildman–Crippen MR) is 158 cm³/mol. The van der Waals surface area contributed by atoms with Gasteiger partial charge in [-0.2, -0.15) is 10.2 Å². The molecule has 6 rings (SSSR count). The number of sulfonamides is 1. The van der Waals surface area contributed by atoms with Crippen LogP contribution in [0.2, 0.25) is 0 Å². The van der Waals surface area contributed by atoms with Crippen LogP contribution in [-0.4, -0.2) is 29.0 Å². The van der Waals surface area contributed by atoms with Crippen molar-refractivity contribution in [1.29, 1.82) is 5.26 Å². The fourth-order valence-electron chi connectivity index (χ4n) is 4.73. The molecule has 0 saturated heterocycles. The lowest BCUT2D eigenvalue weighted by molar-refractivity contribution is 0.459. The van der Waals surface area contributed by atoms with Crippen molar-refractivity contribution in [2.24, 2.45) is 7.05 Å². The summed E-state index contributed by atoms with van der Waals surface area (Å²) in [6.07, 6.45) is 3.69. The van der Waals surface area contributed by atoms with Crippen LogP contribution in [0.5, 0.6) is 11.6 Å². The van der Waals surface area contributed by atoms with Gasteiger partial charge in [0.25, 0.3) is 0 Å².